The van der Waals surface area contributed by atoms with Gasteiger partial charge in [0.1, 0.15) is 11.3 Å². The molecule has 1 aromatic heterocycles. The van der Waals surface area contributed by atoms with E-state index in [2.05, 4.69) is 27.3 Å². The lowest BCUT2D eigenvalue weighted by atomic mass is 9.72. The fourth-order valence-electron chi connectivity index (χ4n) is 9.15. The molecule has 4 aliphatic heterocycles. The Morgan fingerprint density at radius 2 is 1.72 bits per heavy atom. The zero-order valence-corrected chi connectivity index (χ0v) is 30.4. The van der Waals surface area contributed by atoms with Crippen molar-refractivity contribution in [2.24, 2.45) is 10.8 Å². The Morgan fingerprint density at radius 1 is 1.04 bits per heavy atom. The molecule has 10 nitrogen and oxygen atoms in total. The summed E-state index contributed by atoms with van der Waals surface area (Å²) in [6.45, 7) is 13.1. The van der Waals surface area contributed by atoms with Gasteiger partial charge in [-0.05, 0) is 98.6 Å². The smallest absolute Gasteiger partial charge is 0.425 e. The van der Waals surface area contributed by atoms with Gasteiger partial charge in [0.2, 0.25) is 11.9 Å². The second-order valence-electron chi connectivity index (χ2n) is 16.7. The number of ether oxygens (including phenoxy) is 1. The number of nitrogens with zero attached hydrogens (tertiary/aromatic N) is 6. The summed E-state index contributed by atoms with van der Waals surface area (Å²) in [5, 5.41) is 9.01. The summed E-state index contributed by atoms with van der Waals surface area (Å²) in [5.41, 5.74) is 11.0. The largest absolute Gasteiger partial charge is 0.478 e. The number of hydrogen-bond acceptors (Lipinski definition) is 9. The normalized spacial score (nSPS) is 22.7. The first kappa shape index (κ1) is 34.4. The number of alkyl halides is 3. The van der Waals surface area contributed by atoms with Crippen LogP contribution in [0.1, 0.15) is 68.1 Å². The van der Waals surface area contributed by atoms with E-state index in [1.54, 1.807) is 6.07 Å². The van der Waals surface area contributed by atoms with E-state index < -0.39 is 12.3 Å². The number of carbonyl (C=O) groups excluding carboxylic acids is 1. The highest BCUT2D eigenvalue weighted by atomic mass is 19.4. The molecule has 1 amide bonds. The number of halogens is 3. The van der Waals surface area contributed by atoms with Gasteiger partial charge in [0.15, 0.2) is 11.9 Å². The molecule has 2 spiro atoms. The summed E-state index contributed by atoms with van der Waals surface area (Å²) in [5.74, 6) is 1.33. The second kappa shape index (κ2) is 12.1. The van der Waals surface area contributed by atoms with Gasteiger partial charge in [0.05, 0.1) is 0 Å². The van der Waals surface area contributed by atoms with Gasteiger partial charge in [0.25, 0.3) is 0 Å². The molecule has 1 atom stereocenters. The molecule has 2 aromatic carbocycles. The summed E-state index contributed by atoms with van der Waals surface area (Å²) in [6, 6.07) is 6.06. The van der Waals surface area contributed by atoms with Crippen LogP contribution in [0.25, 0.3) is 22.0 Å². The molecule has 280 valence electrons. The van der Waals surface area contributed by atoms with Gasteiger partial charge in [-0.3, -0.25) is 9.69 Å². The van der Waals surface area contributed by atoms with Crippen molar-refractivity contribution in [2.75, 3.05) is 67.9 Å². The highest BCUT2D eigenvalue weighted by molar-refractivity contribution is 6.05. The lowest BCUT2D eigenvalue weighted by molar-refractivity contribution is -0.188. The summed E-state index contributed by atoms with van der Waals surface area (Å²) >= 11 is 0. The molecule has 6 fully saturated rings. The zero-order chi connectivity index (χ0) is 37.0. The van der Waals surface area contributed by atoms with E-state index in [1.165, 1.54) is 25.1 Å². The Hall–Kier alpha value is -4.39. The van der Waals surface area contributed by atoms with Crippen molar-refractivity contribution < 1.29 is 22.7 Å². The van der Waals surface area contributed by atoms with Crippen LogP contribution < -0.4 is 20.3 Å². The first-order valence-corrected chi connectivity index (χ1v) is 19.0. The average Bonchev–Trinajstić information content (AvgIpc) is 4.02. The highest BCUT2D eigenvalue weighted by Crippen LogP contribution is 2.55. The number of aromatic nitrogens is 2. The van der Waals surface area contributed by atoms with Gasteiger partial charge >= 0.3 is 6.18 Å². The van der Waals surface area contributed by atoms with Crippen LogP contribution in [0.3, 0.4) is 0 Å². The number of hydrogen-bond donors (Lipinski definition) is 2. The molecule has 53 heavy (non-hydrogen) atoms. The first-order valence-electron chi connectivity index (χ1n) is 19.0. The van der Waals surface area contributed by atoms with Crippen LogP contribution in [0.15, 0.2) is 30.9 Å². The number of aryl methyl sites for hydroxylation is 1. The molecule has 0 radical (unpaired) electrons. The number of piperidine rings is 1. The Bertz CT molecular complexity index is 2010. The number of nitrogen functional groups attached to an aromatic ring is 1. The molecule has 1 unspecified atom stereocenters. The van der Waals surface area contributed by atoms with Gasteiger partial charge in [-0.15, -0.1) is 0 Å². The SMILES string of the molecule is C=CC(=O)N1CC2(CCN(c3nc(N4CC(N5CC6(CC6)C5)C4)nc4c(OC(C)C(F)(F)F)c(-c5c(C)ccc(N)c5C=N)c(C5CC5)cc34)CC2)C1. The van der Waals surface area contributed by atoms with E-state index in [0.717, 1.165) is 69.9 Å². The predicted octanol–water partition coefficient (Wildman–Crippen LogP) is 6.29. The van der Waals surface area contributed by atoms with E-state index in [4.69, 9.17) is 25.8 Å². The number of nitrogens with two attached hydrogens (primary N) is 1. The maximum atomic E-state index is 14.4. The topological polar surface area (TPSA) is 115 Å². The Kier molecular flexibility index (Phi) is 7.82. The maximum absolute atomic E-state index is 14.4. The van der Waals surface area contributed by atoms with Gasteiger partial charge < -0.3 is 30.6 Å². The van der Waals surface area contributed by atoms with Gasteiger partial charge in [-0.25, -0.2) is 4.98 Å². The van der Waals surface area contributed by atoms with E-state index in [1.807, 2.05) is 17.9 Å². The molecule has 3 N–H and O–H groups in total. The number of amides is 1. The molecule has 4 saturated heterocycles. The number of likely N-dealkylation sites (tertiary alicyclic amines) is 2. The minimum Gasteiger partial charge on any atom is -0.478 e. The first-order chi connectivity index (χ1) is 25.3. The Balaban J connectivity index is 1.18. The number of carbonyl (C=O) groups is 1. The van der Waals surface area contributed by atoms with Gasteiger partial charge in [-0.2, -0.15) is 18.2 Å². The van der Waals surface area contributed by atoms with E-state index in [9.17, 15) is 18.0 Å². The third-order valence-electron chi connectivity index (χ3n) is 13.0. The standard InChI is InChI=1S/C40H47F3N8O2/c1-4-31(52)51-21-39(22-51)11-13-48(14-12-39)36-28-15-27(25-6-7-25)33(32-23(2)5-8-30(45)29(32)16-44)35(53-24(3)40(41,42)43)34(28)46-37(47-36)49-17-26(18-49)50-19-38(20-50)9-10-38/h4-5,8,15-16,24-26,44H,1,6-7,9-14,17-22,45H2,2-3H3. The molecule has 6 aliphatic rings. The third-order valence-corrected chi connectivity index (χ3v) is 13.0. The van der Waals surface area contributed by atoms with Crippen molar-refractivity contribution in [1.29, 1.82) is 5.41 Å². The maximum Gasteiger partial charge on any atom is 0.425 e. The fourth-order valence-corrected chi connectivity index (χ4v) is 9.15. The molecule has 0 bridgehead atoms. The van der Waals surface area contributed by atoms with E-state index >= 15 is 0 Å². The summed E-state index contributed by atoms with van der Waals surface area (Å²) in [4.78, 5) is 31.4. The Morgan fingerprint density at radius 3 is 2.32 bits per heavy atom. The Labute approximate surface area is 307 Å². The zero-order valence-electron chi connectivity index (χ0n) is 30.4. The molecule has 13 heteroatoms. The molecular weight excluding hydrogens is 681 g/mol. The minimum absolute atomic E-state index is 0.0400. The van der Waals surface area contributed by atoms with Crippen LogP contribution in [0.4, 0.5) is 30.6 Å². The van der Waals surface area contributed by atoms with Crippen LogP contribution in [-0.2, 0) is 4.79 Å². The lowest BCUT2D eigenvalue weighted by Gasteiger charge is -2.54. The third kappa shape index (κ3) is 5.81. The number of rotatable bonds is 9. The monoisotopic (exact) mass is 728 g/mol. The molecule has 3 aromatic rings. The van der Waals surface area contributed by atoms with Crippen LogP contribution in [0, 0.1) is 23.2 Å². The van der Waals surface area contributed by atoms with Crippen molar-refractivity contribution in [3.05, 3.63) is 47.5 Å². The van der Waals surface area contributed by atoms with E-state index in [-0.39, 0.29) is 23.0 Å². The lowest BCUT2D eigenvalue weighted by Crippen LogP contribution is -2.66. The number of fused-ring (bicyclic) bond motifs is 1. The van der Waals surface area contributed by atoms with Crippen molar-refractivity contribution in [3.63, 3.8) is 0 Å². The van der Waals surface area contributed by atoms with Crippen molar-refractivity contribution in [1.82, 2.24) is 19.8 Å². The van der Waals surface area contributed by atoms with Crippen LogP contribution in [-0.4, -0.2) is 103 Å². The van der Waals surface area contributed by atoms with E-state index in [0.29, 0.717) is 82.7 Å². The number of benzene rings is 2. The summed E-state index contributed by atoms with van der Waals surface area (Å²) < 4.78 is 49.4. The average molecular weight is 729 g/mol. The van der Waals surface area contributed by atoms with Gasteiger partial charge in [-0.1, -0.05) is 12.6 Å². The molecular formula is C40H47F3N8O2. The van der Waals surface area contributed by atoms with Crippen molar-refractivity contribution in [2.45, 2.75) is 76.6 Å². The van der Waals surface area contributed by atoms with Crippen molar-refractivity contribution >= 4 is 40.5 Å². The predicted molar refractivity (Wildman–Crippen MR) is 200 cm³/mol. The minimum atomic E-state index is -4.63. The molecule has 2 aliphatic carbocycles. The number of nitrogens with one attached hydrogen (secondary N) is 1. The fraction of sp³-hybridized carbons (Fsp3) is 0.550. The quantitative estimate of drug-likeness (QED) is 0.150. The van der Waals surface area contributed by atoms with Crippen LogP contribution in [0.2, 0.25) is 0 Å². The summed E-state index contributed by atoms with van der Waals surface area (Å²) in [6.07, 6.45) is 1.94. The van der Waals surface area contributed by atoms with Gasteiger partial charge in [0, 0.05) is 92.2 Å². The molecule has 9 rings (SSSR count). The highest BCUT2D eigenvalue weighted by Gasteiger charge is 2.55. The molecule has 2 saturated carbocycles. The van der Waals surface area contributed by atoms with Crippen LogP contribution >= 0.6 is 0 Å². The molecule has 5 heterocycles. The van der Waals surface area contributed by atoms with Crippen LogP contribution in [0.5, 0.6) is 5.75 Å². The number of anilines is 3. The van der Waals surface area contributed by atoms with Crippen molar-refractivity contribution in [3.8, 4) is 16.9 Å². The second-order valence-corrected chi connectivity index (χ2v) is 16.7. The summed E-state index contributed by atoms with van der Waals surface area (Å²) in [7, 11) is 0.